The molecule has 0 bridgehead atoms. The molecule has 0 radical (unpaired) electrons. The van der Waals surface area contributed by atoms with E-state index in [2.05, 4.69) is 67.9 Å². The SMILES string of the molecule is C=C(NC1CCCCC1)N(C/C(C)=C/C)Cc1ccc(C)cc1. The van der Waals surface area contributed by atoms with Crippen molar-refractivity contribution in [1.29, 1.82) is 0 Å². The maximum absolute atomic E-state index is 4.34. The Morgan fingerprint density at radius 1 is 1.22 bits per heavy atom. The third-order valence-corrected chi connectivity index (χ3v) is 4.78. The van der Waals surface area contributed by atoms with Gasteiger partial charge in [0.1, 0.15) is 0 Å². The van der Waals surface area contributed by atoms with Gasteiger partial charge in [0.2, 0.25) is 0 Å². The Balaban J connectivity index is 2.02. The highest BCUT2D eigenvalue weighted by molar-refractivity contribution is 5.22. The fourth-order valence-electron chi connectivity index (χ4n) is 3.13. The summed E-state index contributed by atoms with van der Waals surface area (Å²) in [5, 5.41) is 3.68. The number of rotatable bonds is 7. The first-order chi connectivity index (χ1) is 11.1. The van der Waals surface area contributed by atoms with Crippen LogP contribution in [0.2, 0.25) is 0 Å². The number of nitrogens with zero attached hydrogens (tertiary/aromatic N) is 1. The van der Waals surface area contributed by atoms with Crippen LogP contribution < -0.4 is 5.32 Å². The van der Waals surface area contributed by atoms with E-state index in [1.54, 1.807) is 0 Å². The van der Waals surface area contributed by atoms with Gasteiger partial charge in [0.05, 0.1) is 5.82 Å². The van der Waals surface area contributed by atoms with Crippen LogP contribution in [0.3, 0.4) is 0 Å². The van der Waals surface area contributed by atoms with Gasteiger partial charge >= 0.3 is 0 Å². The van der Waals surface area contributed by atoms with Gasteiger partial charge in [-0.15, -0.1) is 0 Å². The summed E-state index contributed by atoms with van der Waals surface area (Å²) in [5.41, 5.74) is 4.03. The van der Waals surface area contributed by atoms with Crippen molar-refractivity contribution in [3.05, 3.63) is 59.4 Å². The molecule has 2 nitrogen and oxygen atoms in total. The molecule has 1 aromatic carbocycles. The molecule has 0 amide bonds. The van der Waals surface area contributed by atoms with Gasteiger partial charge in [-0.2, -0.15) is 0 Å². The third kappa shape index (κ3) is 5.78. The molecule has 23 heavy (non-hydrogen) atoms. The van der Waals surface area contributed by atoms with Crippen molar-refractivity contribution >= 4 is 0 Å². The molecule has 0 heterocycles. The summed E-state index contributed by atoms with van der Waals surface area (Å²) in [5.74, 6) is 1.07. The normalized spacial score (nSPS) is 16.2. The summed E-state index contributed by atoms with van der Waals surface area (Å²) in [6, 6.07) is 9.42. The highest BCUT2D eigenvalue weighted by Crippen LogP contribution is 2.20. The Morgan fingerprint density at radius 2 is 1.87 bits per heavy atom. The molecular formula is C21H32N2. The van der Waals surface area contributed by atoms with Gasteiger partial charge in [0, 0.05) is 19.1 Å². The molecule has 2 heteroatoms. The Bertz CT molecular complexity index is 521. The number of allylic oxidation sites excluding steroid dienone is 1. The number of hydrogen-bond acceptors (Lipinski definition) is 2. The van der Waals surface area contributed by atoms with Crippen molar-refractivity contribution in [1.82, 2.24) is 10.2 Å². The van der Waals surface area contributed by atoms with Gasteiger partial charge in [-0.1, -0.05) is 67.3 Å². The van der Waals surface area contributed by atoms with Crippen LogP contribution in [0.1, 0.15) is 57.1 Å². The van der Waals surface area contributed by atoms with Gasteiger partial charge < -0.3 is 10.2 Å². The van der Waals surface area contributed by atoms with Gasteiger partial charge in [-0.25, -0.2) is 0 Å². The predicted molar refractivity (Wildman–Crippen MR) is 100 cm³/mol. The lowest BCUT2D eigenvalue weighted by atomic mass is 9.95. The molecule has 0 aliphatic heterocycles. The predicted octanol–water partition coefficient (Wildman–Crippen LogP) is 5.16. The number of hydrogen-bond donors (Lipinski definition) is 1. The smallest absolute Gasteiger partial charge is 0.0946 e. The average molecular weight is 313 g/mol. The minimum atomic E-state index is 0.600. The van der Waals surface area contributed by atoms with Crippen LogP contribution in [-0.4, -0.2) is 17.5 Å². The molecular weight excluding hydrogens is 280 g/mol. The van der Waals surface area contributed by atoms with Crippen molar-refractivity contribution in [3.8, 4) is 0 Å². The minimum absolute atomic E-state index is 0.600. The van der Waals surface area contributed by atoms with Gasteiger partial charge in [0.15, 0.2) is 0 Å². The maximum atomic E-state index is 4.34. The Kier molecular flexibility index (Phi) is 6.76. The van der Waals surface area contributed by atoms with Crippen LogP contribution in [0.4, 0.5) is 0 Å². The second-order valence-corrected chi connectivity index (χ2v) is 6.90. The highest BCUT2D eigenvalue weighted by Gasteiger charge is 2.16. The number of nitrogens with one attached hydrogen (secondary N) is 1. The van der Waals surface area contributed by atoms with Gasteiger partial charge in [-0.05, 0) is 39.2 Å². The van der Waals surface area contributed by atoms with Crippen molar-refractivity contribution in [2.24, 2.45) is 0 Å². The second-order valence-electron chi connectivity index (χ2n) is 6.90. The van der Waals surface area contributed by atoms with Crippen molar-refractivity contribution in [2.45, 2.75) is 65.5 Å². The maximum Gasteiger partial charge on any atom is 0.0946 e. The monoisotopic (exact) mass is 312 g/mol. The third-order valence-electron chi connectivity index (χ3n) is 4.78. The average Bonchev–Trinajstić information content (AvgIpc) is 2.57. The van der Waals surface area contributed by atoms with Crippen LogP contribution in [0.15, 0.2) is 48.3 Å². The zero-order valence-electron chi connectivity index (χ0n) is 15.1. The summed E-state index contributed by atoms with van der Waals surface area (Å²) >= 11 is 0. The fourth-order valence-corrected chi connectivity index (χ4v) is 3.13. The summed E-state index contributed by atoms with van der Waals surface area (Å²) in [7, 11) is 0. The molecule has 2 rings (SSSR count). The molecule has 0 spiro atoms. The molecule has 1 N–H and O–H groups in total. The first-order valence-corrected chi connectivity index (χ1v) is 8.96. The number of benzene rings is 1. The van der Waals surface area contributed by atoms with Crippen molar-refractivity contribution < 1.29 is 0 Å². The Morgan fingerprint density at radius 3 is 2.48 bits per heavy atom. The first kappa shape index (κ1) is 17.7. The first-order valence-electron chi connectivity index (χ1n) is 8.96. The van der Waals surface area contributed by atoms with Crippen LogP contribution in [0.5, 0.6) is 0 Å². The largest absolute Gasteiger partial charge is 0.369 e. The Labute approximate surface area is 142 Å². The molecule has 0 aromatic heterocycles. The molecule has 1 aromatic rings. The standard InChI is InChI=1S/C21H32N2/c1-5-17(2)15-23(16-20-13-11-18(3)12-14-20)19(4)22-21-9-7-6-8-10-21/h5,11-14,21-22H,4,6-10,15-16H2,1-3H3/b17-5+. The van der Waals surface area contributed by atoms with E-state index in [-0.39, 0.29) is 0 Å². The van der Waals surface area contributed by atoms with E-state index in [0.29, 0.717) is 6.04 Å². The van der Waals surface area contributed by atoms with Gasteiger partial charge in [-0.3, -0.25) is 0 Å². The molecule has 1 saturated carbocycles. The highest BCUT2D eigenvalue weighted by atomic mass is 15.2. The number of aryl methyl sites for hydroxylation is 1. The lowest BCUT2D eigenvalue weighted by Crippen LogP contribution is -2.38. The van der Waals surface area contributed by atoms with E-state index >= 15 is 0 Å². The summed E-state index contributed by atoms with van der Waals surface area (Å²) in [6.07, 6.45) is 8.82. The molecule has 1 aliphatic carbocycles. The Hall–Kier alpha value is -1.70. The molecule has 0 saturated heterocycles. The minimum Gasteiger partial charge on any atom is -0.369 e. The lowest BCUT2D eigenvalue weighted by molar-refractivity contribution is 0.299. The quantitative estimate of drug-likeness (QED) is 0.700. The summed E-state index contributed by atoms with van der Waals surface area (Å²) in [6.45, 7) is 12.6. The molecule has 126 valence electrons. The van der Waals surface area contributed by atoms with Crippen LogP contribution in [0, 0.1) is 6.92 Å². The van der Waals surface area contributed by atoms with E-state index in [0.717, 1.165) is 18.9 Å². The van der Waals surface area contributed by atoms with E-state index < -0.39 is 0 Å². The molecule has 1 aliphatic rings. The summed E-state index contributed by atoms with van der Waals surface area (Å²) in [4.78, 5) is 2.37. The van der Waals surface area contributed by atoms with Crippen LogP contribution >= 0.6 is 0 Å². The van der Waals surface area contributed by atoms with Crippen LogP contribution in [0.25, 0.3) is 0 Å². The lowest BCUT2D eigenvalue weighted by Gasteiger charge is -2.32. The zero-order chi connectivity index (χ0) is 16.7. The van der Waals surface area contributed by atoms with Gasteiger partial charge in [0.25, 0.3) is 0 Å². The van der Waals surface area contributed by atoms with E-state index in [1.165, 1.54) is 48.8 Å². The molecule has 1 fully saturated rings. The zero-order valence-corrected chi connectivity index (χ0v) is 15.1. The van der Waals surface area contributed by atoms with Crippen molar-refractivity contribution in [3.63, 3.8) is 0 Å². The molecule has 0 unspecified atom stereocenters. The van der Waals surface area contributed by atoms with E-state index in [4.69, 9.17) is 0 Å². The van der Waals surface area contributed by atoms with Crippen LogP contribution in [-0.2, 0) is 6.54 Å². The fraction of sp³-hybridized carbons (Fsp3) is 0.524. The summed E-state index contributed by atoms with van der Waals surface area (Å²) < 4.78 is 0. The molecule has 0 atom stereocenters. The van der Waals surface area contributed by atoms with Crippen molar-refractivity contribution in [2.75, 3.05) is 6.54 Å². The van der Waals surface area contributed by atoms with E-state index in [9.17, 15) is 0 Å². The van der Waals surface area contributed by atoms with E-state index in [1.807, 2.05) is 0 Å². The second kappa shape index (κ2) is 8.81. The topological polar surface area (TPSA) is 15.3 Å².